The number of rotatable bonds is 3. The van der Waals surface area contributed by atoms with Crippen molar-refractivity contribution in [1.82, 2.24) is 14.9 Å². The standard InChI is InChI=1S/C24H27FN6O3/c1-12-10-31(3)11-18(12)34-24(32)30-19-7-14-6-15(20(25)21(26)17(14)9-28-19)16-8-29-23-22(13(16)2)27-4-5-33-23/h6-9,12,18,27H,4-5,10-11,26H2,1-3H3,(H,28,30,32)/t12-,18+/m0/s1. The first-order valence-corrected chi connectivity index (χ1v) is 11.2. The Bertz CT molecular complexity index is 1280. The van der Waals surface area contributed by atoms with Crippen LogP contribution >= 0.6 is 0 Å². The van der Waals surface area contributed by atoms with Gasteiger partial charge in [0.2, 0.25) is 5.88 Å². The zero-order chi connectivity index (χ0) is 24.0. The van der Waals surface area contributed by atoms with Crippen molar-refractivity contribution in [3.8, 4) is 17.0 Å². The second-order valence-corrected chi connectivity index (χ2v) is 8.96. The molecule has 2 aliphatic rings. The van der Waals surface area contributed by atoms with E-state index in [9.17, 15) is 4.79 Å². The van der Waals surface area contributed by atoms with Crippen molar-refractivity contribution in [1.29, 1.82) is 0 Å². The summed E-state index contributed by atoms with van der Waals surface area (Å²) in [6.45, 7) is 6.67. The van der Waals surface area contributed by atoms with Crippen LogP contribution in [0.15, 0.2) is 24.5 Å². The van der Waals surface area contributed by atoms with Crippen molar-refractivity contribution in [2.75, 3.05) is 49.7 Å². The molecule has 9 nitrogen and oxygen atoms in total. The number of benzene rings is 1. The van der Waals surface area contributed by atoms with E-state index in [1.54, 1.807) is 18.3 Å². The number of fused-ring (bicyclic) bond motifs is 2. The number of nitrogens with two attached hydrogens (primary N) is 1. The van der Waals surface area contributed by atoms with E-state index in [2.05, 4.69) is 25.5 Å². The van der Waals surface area contributed by atoms with E-state index in [1.807, 2.05) is 20.9 Å². The largest absolute Gasteiger partial charge is 0.474 e. The van der Waals surface area contributed by atoms with Crippen LogP contribution in [-0.4, -0.2) is 60.4 Å². The highest BCUT2D eigenvalue weighted by molar-refractivity contribution is 5.99. The van der Waals surface area contributed by atoms with Crippen molar-refractivity contribution in [3.63, 3.8) is 0 Å². The molecule has 1 saturated heterocycles. The smallest absolute Gasteiger partial charge is 0.413 e. The van der Waals surface area contributed by atoms with Gasteiger partial charge in [-0.25, -0.2) is 19.2 Å². The van der Waals surface area contributed by atoms with Crippen LogP contribution in [0.3, 0.4) is 0 Å². The molecule has 1 amide bonds. The molecule has 2 atom stereocenters. The Labute approximate surface area is 196 Å². The molecule has 5 rings (SSSR count). The lowest BCUT2D eigenvalue weighted by Gasteiger charge is -2.22. The maximum Gasteiger partial charge on any atom is 0.413 e. The van der Waals surface area contributed by atoms with Crippen LogP contribution < -0.4 is 21.1 Å². The van der Waals surface area contributed by atoms with Crippen LogP contribution in [0.25, 0.3) is 21.9 Å². The van der Waals surface area contributed by atoms with Gasteiger partial charge in [0.25, 0.3) is 0 Å². The van der Waals surface area contributed by atoms with Gasteiger partial charge in [-0.15, -0.1) is 0 Å². The molecule has 4 N–H and O–H groups in total. The van der Waals surface area contributed by atoms with Gasteiger partial charge in [0, 0.05) is 54.5 Å². The van der Waals surface area contributed by atoms with Crippen molar-refractivity contribution in [2.45, 2.75) is 20.0 Å². The Balaban J connectivity index is 1.46. The molecular weight excluding hydrogens is 439 g/mol. The summed E-state index contributed by atoms with van der Waals surface area (Å²) < 4.78 is 26.5. The number of likely N-dealkylation sites (tertiary alicyclic amines) is 1. The number of nitrogens with zero attached hydrogens (tertiary/aromatic N) is 3. The number of likely N-dealkylation sites (N-methyl/N-ethyl adjacent to an activating group) is 1. The molecule has 3 aromatic rings. The lowest BCUT2D eigenvalue weighted by molar-refractivity contribution is 0.0974. The van der Waals surface area contributed by atoms with Crippen LogP contribution in [0.1, 0.15) is 12.5 Å². The molecule has 178 valence electrons. The third-order valence-electron chi connectivity index (χ3n) is 6.45. The van der Waals surface area contributed by atoms with Gasteiger partial charge < -0.3 is 25.4 Å². The highest BCUT2D eigenvalue weighted by Crippen LogP contribution is 2.39. The zero-order valence-electron chi connectivity index (χ0n) is 19.3. The minimum Gasteiger partial charge on any atom is -0.474 e. The Morgan fingerprint density at radius 1 is 1.29 bits per heavy atom. The van der Waals surface area contributed by atoms with E-state index < -0.39 is 11.9 Å². The number of anilines is 3. The molecule has 1 fully saturated rings. The summed E-state index contributed by atoms with van der Waals surface area (Å²) in [5.74, 6) is 0.497. The van der Waals surface area contributed by atoms with E-state index in [0.717, 1.165) is 17.8 Å². The fourth-order valence-corrected chi connectivity index (χ4v) is 4.65. The van der Waals surface area contributed by atoms with Gasteiger partial charge in [0.05, 0.1) is 5.69 Å². The number of hydrogen-bond acceptors (Lipinski definition) is 8. The topological polar surface area (TPSA) is 115 Å². The number of carbonyl (C=O) groups is 1. The minimum atomic E-state index is -0.574. The van der Waals surface area contributed by atoms with Crippen molar-refractivity contribution < 1.29 is 18.7 Å². The maximum atomic E-state index is 15.3. The third-order valence-corrected chi connectivity index (χ3v) is 6.45. The number of hydrogen-bond donors (Lipinski definition) is 3. The summed E-state index contributed by atoms with van der Waals surface area (Å²) in [6.07, 6.45) is 2.28. The van der Waals surface area contributed by atoms with Gasteiger partial charge in [-0.1, -0.05) is 6.92 Å². The highest BCUT2D eigenvalue weighted by Gasteiger charge is 2.30. The van der Waals surface area contributed by atoms with Crippen LogP contribution in [0.2, 0.25) is 0 Å². The van der Waals surface area contributed by atoms with E-state index >= 15 is 4.39 Å². The van der Waals surface area contributed by atoms with Gasteiger partial charge in [-0.3, -0.25) is 5.32 Å². The molecule has 34 heavy (non-hydrogen) atoms. The molecule has 0 aliphatic carbocycles. The van der Waals surface area contributed by atoms with E-state index in [4.69, 9.17) is 15.2 Å². The summed E-state index contributed by atoms with van der Waals surface area (Å²) in [6, 6.07) is 3.34. The average molecular weight is 467 g/mol. The van der Waals surface area contributed by atoms with Gasteiger partial charge in [-0.2, -0.15) is 0 Å². The Hall–Kier alpha value is -3.66. The number of halogens is 1. The monoisotopic (exact) mass is 466 g/mol. The second kappa shape index (κ2) is 8.60. The Morgan fingerprint density at radius 3 is 2.88 bits per heavy atom. The number of carbonyl (C=O) groups excluding carboxylic acids is 1. The number of ether oxygens (including phenoxy) is 2. The number of pyridine rings is 2. The first-order chi connectivity index (χ1) is 16.3. The molecule has 1 aromatic carbocycles. The Kier molecular flexibility index (Phi) is 5.60. The zero-order valence-corrected chi connectivity index (χ0v) is 19.3. The van der Waals surface area contributed by atoms with Crippen LogP contribution in [-0.2, 0) is 4.74 Å². The molecule has 0 saturated carbocycles. The van der Waals surface area contributed by atoms with E-state index in [0.29, 0.717) is 53.3 Å². The highest BCUT2D eigenvalue weighted by atomic mass is 19.1. The Morgan fingerprint density at radius 2 is 2.12 bits per heavy atom. The van der Waals surface area contributed by atoms with Crippen LogP contribution in [0.4, 0.5) is 26.4 Å². The predicted molar refractivity (Wildman–Crippen MR) is 129 cm³/mol. The van der Waals surface area contributed by atoms with Crippen molar-refractivity contribution in [3.05, 3.63) is 35.9 Å². The lowest BCUT2D eigenvalue weighted by Crippen LogP contribution is -2.28. The second-order valence-electron chi connectivity index (χ2n) is 8.96. The summed E-state index contributed by atoms with van der Waals surface area (Å²) in [4.78, 5) is 23.1. The van der Waals surface area contributed by atoms with Crippen molar-refractivity contribution in [2.24, 2.45) is 5.92 Å². The molecule has 0 unspecified atom stereocenters. The van der Waals surface area contributed by atoms with Gasteiger partial charge in [0.15, 0.2) is 5.82 Å². The number of aromatic nitrogens is 2. The van der Waals surface area contributed by atoms with Gasteiger partial charge in [0.1, 0.15) is 24.2 Å². The molecule has 4 heterocycles. The SMILES string of the molecule is Cc1c(-c2cc3cc(NC(=O)O[C@@H]4CN(C)C[C@@H]4C)ncc3c(N)c2F)cnc2c1NCCO2. The van der Waals surface area contributed by atoms with Gasteiger partial charge in [-0.05, 0) is 37.1 Å². The predicted octanol–water partition coefficient (Wildman–Crippen LogP) is 3.63. The first kappa shape index (κ1) is 22.1. The summed E-state index contributed by atoms with van der Waals surface area (Å²) in [5, 5.41) is 7.03. The third kappa shape index (κ3) is 3.94. The fraction of sp³-hybridized carbons (Fsp3) is 0.375. The number of nitrogens with one attached hydrogen (secondary N) is 2. The number of nitrogen functional groups attached to an aromatic ring is 1. The van der Waals surface area contributed by atoms with Crippen LogP contribution in [0, 0.1) is 18.7 Å². The molecular formula is C24H27FN6O3. The molecule has 2 aliphatic heterocycles. The summed E-state index contributed by atoms with van der Waals surface area (Å²) in [5.41, 5.74) is 8.60. The van der Waals surface area contributed by atoms with E-state index in [1.165, 1.54) is 6.20 Å². The quantitative estimate of drug-likeness (QED) is 0.502. The summed E-state index contributed by atoms with van der Waals surface area (Å²) >= 11 is 0. The molecule has 2 aromatic heterocycles. The van der Waals surface area contributed by atoms with Crippen molar-refractivity contribution >= 4 is 34.1 Å². The molecule has 10 heteroatoms. The first-order valence-electron chi connectivity index (χ1n) is 11.2. The average Bonchev–Trinajstić information content (AvgIpc) is 3.13. The van der Waals surface area contributed by atoms with Crippen LogP contribution in [0.5, 0.6) is 5.88 Å². The van der Waals surface area contributed by atoms with Gasteiger partial charge >= 0.3 is 6.09 Å². The fourth-order valence-electron chi connectivity index (χ4n) is 4.65. The lowest BCUT2D eigenvalue weighted by atomic mass is 9.97. The summed E-state index contributed by atoms with van der Waals surface area (Å²) in [7, 11) is 1.99. The minimum absolute atomic E-state index is 0.0155. The molecule has 0 spiro atoms. The number of amides is 1. The van der Waals surface area contributed by atoms with E-state index in [-0.39, 0.29) is 17.7 Å². The molecule has 0 bridgehead atoms. The normalized spacial score (nSPS) is 19.9. The molecule has 0 radical (unpaired) electrons. The maximum absolute atomic E-state index is 15.3.